The van der Waals surface area contributed by atoms with Gasteiger partial charge in [-0.15, -0.1) is 0 Å². The number of nitrogens with one attached hydrogen (secondary N) is 2. The Bertz CT molecular complexity index is 800. The van der Waals surface area contributed by atoms with Gasteiger partial charge in [0.15, 0.2) is 5.78 Å². The molecule has 0 radical (unpaired) electrons. The Morgan fingerprint density at radius 1 is 1.09 bits per heavy atom. The number of carbonyl (C=O) groups is 2. The van der Waals surface area contributed by atoms with Crippen molar-refractivity contribution in [1.82, 2.24) is 10.6 Å². The van der Waals surface area contributed by atoms with Crippen LogP contribution < -0.4 is 10.6 Å². The van der Waals surface area contributed by atoms with E-state index in [0.717, 1.165) is 5.56 Å². The van der Waals surface area contributed by atoms with Crippen LogP contribution in [0.3, 0.4) is 0 Å². The first kappa shape index (κ1) is 15.3. The predicted octanol–water partition coefficient (Wildman–Crippen LogP) is 3.85. The lowest BCUT2D eigenvalue weighted by Crippen LogP contribution is -2.45. The molecule has 1 aliphatic rings. The van der Waals surface area contributed by atoms with Crippen molar-refractivity contribution in [1.29, 1.82) is 0 Å². The van der Waals surface area contributed by atoms with Crippen LogP contribution in [-0.4, -0.2) is 11.8 Å². The average molecular weight is 327 g/mol. The largest absolute Gasteiger partial charge is 0.327 e. The van der Waals surface area contributed by atoms with Gasteiger partial charge in [0.1, 0.15) is 0 Å². The number of urea groups is 1. The normalized spacial score (nSPS) is 17.5. The first-order chi connectivity index (χ1) is 11.1. The first-order valence-electron chi connectivity index (χ1n) is 7.20. The maximum Gasteiger partial charge on any atom is 0.319 e. The molecule has 1 atom stereocenters. The smallest absolute Gasteiger partial charge is 0.319 e. The second-order valence-electron chi connectivity index (χ2n) is 5.32. The third kappa shape index (κ3) is 3.12. The number of rotatable bonds is 3. The highest BCUT2D eigenvalue weighted by Gasteiger charge is 2.31. The standard InChI is InChI=1S/C18H15ClN2O2/c1-11-15(17(22)12-6-3-2-4-7-12)16(21-18(23)20-11)13-8-5-9-14(19)10-13/h2-10,16H,1H3,(H2,20,21,23)/t16-/m1/s1. The number of benzene rings is 2. The molecule has 3 rings (SSSR count). The van der Waals surface area contributed by atoms with Gasteiger partial charge >= 0.3 is 6.03 Å². The highest BCUT2D eigenvalue weighted by atomic mass is 35.5. The highest BCUT2D eigenvalue weighted by molar-refractivity contribution is 6.30. The van der Waals surface area contributed by atoms with Crippen LogP contribution in [0, 0.1) is 0 Å². The summed E-state index contributed by atoms with van der Waals surface area (Å²) in [5.41, 5.74) is 2.41. The molecule has 0 bridgehead atoms. The number of hydrogen-bond donors (Lipinski definition) is 2. The summed E-state index contributed by atoms with van der Waals surface area (Å²) >= 11 is 6.05. The zero-order valence-electron chi connectivity index (χ0n) is 12.5. The summed E-state index contributed by atoms with van der Waals surface area (Å²) in [4.78, 5) is 24.7. The summed E-state index contributed by atoms with van der Waals surface area (Å²) in [5, 5.41) is 6.03. The van der Waals surface area contributed by atoms with Crippen LogP contribution in [0.5, 0.6) is 0 Å². The number of Topliss-reactive ketones (excluding diaryl/α,β-unsaturated/α-hetero) is 1. The van der Waals surface area contributed by atoms with Crippen molar-refractivity contribution in [3.63, 3.8) is 0 Å². The Morgan fingerprint density at radius 2 is 1.83 bits per heavy atom. The van der Waals surface area contributed by atoms with Gasteiger partial charge < -0.3 is 10.6 Å². The second-order valence-corrected chi connectivity index (χ2v) is 5.76. The van der Waals surface area contributed by atoms with E-state index in [1.54, 1.807) is 37.3 Å². The molecule has 4 nitrogen and oxygen atoms in total. The topological polar surface area (TPSA) is 58.2 Å². The molecule has 0 spiro atoms. The quantitative estimate of drug-likeness (QED) is 0.842. The van der Waals surface area contributed by atoms with Crippen LogP contribution in [0.2, 0.25) is 5.02 Å². The number of carbonyl (C=O) groups excluding carboxylic acids is 2. The van der Waals surface area contributed by atoms with Gasteiger partial charge in [0.2, 0.25) is 0 Å². The Balaban J connectivity index is 2.08. The van der Waals surface area contributed by atoms with Crippen molar-refractivity contribution in [2.24, 2.45) is 0 Å². The van der Waals surface area contributed by atoms with E-state index >= 15 is 0 Å². The summed E-state index contributed by atoms with van der Waals surface area (Å²) in [7, 11) is 0. The molecule has 2 N–H and O–H groups in total. The van der Waals surface area contributed by atoms with Crippen LogP contribution in [-0.2, 0) is 0 Å². The second kappa shape index (κ2) is 6.26. The lowest BCUT2D eigenvalue weighted by atomic mass is 9.90. The Kier molecular flexibility index (Phi) is 4.17. The third-order valence-electron chi connectivity index (χ3n) is 3.73. The summed E-state index contributed by atoms with van der Waals surface area (Å²) in [6, 6.07) is 15.3. The zero-order valence-corrected chi connectivity index (χ0v) is 13.2. The van der Waals surface area contributed by atoms with Crippen LogP contribution >= 0.6 is 11.6 Å². The average Bonchev–Trinajstić information content (AvgIpc) is 2.54. The van der Waals surface area contributed by atoms with Gasteiger partial charge in [0.25, 0.3) is 0 Å². The van der Waals surface area contributed by atoms with E-state index in [4.69, 9.17) is 11.6 Å². The van der Waals surface area contributed by atoms with Gasteiger partial charge in [-0.05, 0) is 24.6 Å². The molecule has 0 aromatic heterocycles. The fraction of sp³-hybridized carbons (Fsp3) is 0.111. The first-order valence-corrected chi connectivity index (χ1v) is 7.57. The van der Waals surface area contributed by atoms with Crippen LogP contribution in [0.15, 0.2) is 65.9 Å². The highest BCUT2D eigenvalue weighted by Crippen LogP contribution is 2.30. The molecular weight excluding hydrogens is 312 g/mol. The molecule has 5 heteroatoms. The zero-order chi connectivity index (χ0) is 16.4. The van der Waals surface area contributed by atoms with E-state index in [0.29, 0.717) is 21.9 Å². The maximum atomic E-state index is 12.9. The number of ketones is 1. The Labute approximate surface area is 139 Å². The molecule has 2 aromatic rings. The van der Waals surface area contributed by atoms with Crippen molar-refractivity contribution in [3.8, 4) is 0 Å². The van der Waals surface area contributed by atoms with E-state index in [9.17, 15) is 9.59 Å². The van der Waals surface area contributed by atoms with Crippen molar-refractivity contribution in [2.75, 3.05) is 0 Å². The molecule has 1 aliphatic heterocycles. The minimum Gasteiger partial charge on any atom is -0.327 e. The SMILES string of the molecule is CC1=C(C(=O)c2ccccc2)[C@@H](c2cccc(Cl)c2)NC(=O)N1. The van der Waals surface area contributed by atoms with E-state index in [1.165, 1.54) is 0 Å². The van der Waals surface area contributed by atoms with Crippen molar-refractivity contribution >= 4 is 23.4 Å². The van der Waals surface area contributed by atoms with E-state index in [1.807, 2.05) is 24.3 Å². The molecule has 1 heterocycles. The maximum absolute atomic E-state index is 12.9. The summed E-state index contributed by atoms with van der Waals surface area (Å²) in [6.07, 6.45) is 0. The summed E-state index contributed by atoms with van der Waals surface area (Å²) in [5.74, 6) is -0.124. The number of halogens is 1. The molecule has 2 amide bonds. The monoisotopic (exact) mass is 326 g/mol. The predicted molar refractivity (Wildman–Crippen MR) is 89.3 cm³/mol. The van der Waals surface area contributed by atoms with Crippen LogP contribution in [0.25, 0.3) is 0 Å². The number of allylic oxidation sites excluding steroid dienone is 1. The van der Waals surface area contributed by atoms with E-state index in [-0.39, 0.29) is 11.8 Å². The van der Waals surface area contributed by atoms with Crippen LogP contribution in [0.1, 0.15) is 28.9 Å². The molecule has 0 saturated carbocycles. The molecular formula is C18H15ClN2O2. The summed E-state index contributed by atoms with van der Waals surface area (Å²) < 4.78 is 0. The van der Waals surface area contributed by atoms with E-state index < -0.39 is 6.04 Å². The molecule has 0 saturated heterocycles. The van der Waals surface area contributed by atoms with E-state index in [2.05, 4.69) is 10.6 Å². The molecule has 0 fully saturated rings. The molecule has 116 valence electrons. The lowest BCUT2D eigenvalue weighted by molar-refractivity contribution is 0.102. The van der Waals surface area contributed by atoms with Crippen molar-refractivity contribution in [2.45, 2.75) is 13.0 Å². The number of hydrogen-bond acceptors (Lipinski definition) is 2. The van der Waals surface area contributed by atoms with Crippen molar-refractivity contribution in [3.05, 3.63) is 82.0 Å². The minimum atomic E-state index is -0.532. The van der Waals surface area contributed by atoms with Gasteiger partial charge in [-0.3, -0.25) is 4.79 Å². The van der Waals surface area contributed by atoms with Gasteiger partial charge in [0, 0.05) is 21.9 Å². The fourth-order valence-corrected chi connectivity index (χ4v) is 2.87. The molecule has 0 aliphatic carbocycles. The molecule has 0 unspecified atom stereocenters. The number of amides is 2. The minimum absolute atomic E-state index is 0.124. The Morgan fingerprint density at radius 3 is 2.52 bits per heavy atom. The molecule has 2 aromatic carbocycles. The van der Waals surface area contributed by atoms with Gasteiger partial charge in [0.05, 0.1) is 6.04 Å². The fourth-order valence-electron chi connectivity index (χ4n) is 2.68. The van der Waals surface area contributed by atoms with Gasteiger partial charge in [-0.1, -0.05) is 54.1 Å². The molecule has 23 heavy (non-hydrogen) atoms. The lowest BCUT2D eigenvalue weighted by Gasteiger charge is -2.28. The van der Waals surface area contributed by atoms with Gasteiger partial charge in [-0.25, -0.2) is 4.79 Å². The third-order valence-corrected chi connectivity index (χ3v) is 3.97. The van der Waals surface area contributed by atoms with Crippen molar-refractivity contribution < 1.29 is 9.59 Å². The van der Waals surface area contributed by atoms with Gasteiger partial charge in [-0.2, -0.15) is 0 Å². The van der Waals surface area contributed by atoms with Crippen LogP contribution in [0.4, 0.5) is 4.79 Å². The Hall–Kier alpha value is -2.59. The summed E-state index contributed by atoms with van der Waals surface area (Å²) in [6.45, 7) is 1.73.